The zero-order valence-electron chi connectivity index (χ0n) is 13.1. The van der Waals surface area contributed by atoms with Crippen LogP contribution in [0, 0.1) is 6.92 Å². The number of anilines is 1. The molecule has 0 aliphatic carbocycles. The first kappa shape index (κ1) is 16.3. The quantitative estimate of drug-likeness (QED) is 0.766. The molecule has 3 N–H and O–H groups in total. The lowest BCUT2D eigenvalue weighted by Gasteiger charge is -2.22. The van der Waals surface area contributed by atoms with Crippen molar-refractivity contribution in [3.05, 3.63) is 53.5 Å². The topological polar surface area (TPSA) is 74.5 Å². The fraction of sp³-hybridized carbons (Fsp3) is 0.353. The molecule has 0 spiro atoms. The maximum absolute atomic E-state index is 11.2. The number of aliphatic hydroxyl groups is 1. The zero-order valence-corrected chi connectivity index (χ0v) is 13.1. The van der Waals surface area contributed by atoms with Gasteiger partial charge in [-0.1, -0.05) is 18.2 Å². The van der Waals surface area contributed by atoms with Crippen LogP contribution in [0.3, 0.4) is 0 Å². The van der Waals surface area contributed by atoms with Crippen LogP contribution in [0.5, 0.6) is 0 Å². The van der Waals surface area contributed by atoms with Crippen molar-refractivity contribution < 1.29 is 14.3 Å². The number of para-hydroxylation sites is 1. The van der Waals surface area contributed by atoms with Crippen LogP contribution < -0.4 is 10.6 Å². The average molecular weight is 302 g/mol. The molecule has 1 unspecified atom stereocenters. The molecule has 5 nitrogen and oxygen atoms in total. The molecule has 0 saturated heterocycles. The van der Waals surface area contributed by atoms with Crippen LogP contribution in [-0.2, 0) is 16.9 Å². The van der Waals surface area contributed by atoms with Gasteiger partial charge in [-0.3, -0.25) is 4.79 Å². The van der Waals surface area contributed by atoms with Gasteiger partial charge in [-0.15, -0.1) is 0 Å². The molecule has 0 fully saturated rings. The molecule has 22 heavy (non-hydrogen) atoms. The summed E-state index contributed by atoms with van der Waals surface area (Å²) < 4.78 is 5.48. The molecule has 118 valence electrons. The van der Waals surface area contributed by atoms with Crippen LogP contribution in [-0.4, -0.2) is 17.6 Å². The maximum atomic E-state index is 11.2. The Morgan fingerprint density at radius 2 is 2.00 bits per heavy atom. The predicted molar refractivity (Wildman–Crippen MR) is 85.5 cm³/mol. The monoisotopic (exact) mass is 302 g/mol. The van der Waals surface area contributed by atoms with E-state index in [0.29, 0.717) is 18.8 Å². The molecular formula is C17H22N2O3. The molecule has 2 rings (SSSR count). The Morgan fingerprint density at radius 1 is 1.27 bits per heavy atom. The van der Waals surface area contributed by atoms with E-state index in [1.807, 2.05) is 37.3 Å². The summed E-state index contributed by atoms with van der Waals surface area (Å²) in [6.07, 6.45) is 0. The van der Waals surface area contributed by atoms with Gasteiger partial charge in [0, 0.05) is 25.7 Å². The third-order valence-corrected chi connectivity index (χ3v) is 3.38. The summed E-state index contributed by atoms with van der Waals surface area (Å²) in [5.74, 6) is 1.20. The summed E-state index contributed by atoms with van der Waals surface area (Å²) in [6.45, 7) is 5.91. The van der Waals surface area contributed by atoms with Gasteiger partial charge in [0.1, 0.15) is 17.1 Å². The molecule has 1 amide bonds. The molecule has 1 heterocycles. The van der Waals surface area contributed by atoms with E-state index in [-0.39, 0.29) is 5.91 Å². The lowest BCUT2D eigenvalue weighted by atomic mass is 10.0. The van der Waals surface area contributed by atoms with E-state index in [9.17, 15) is 9.90 Å². The number of benzene rings is 1. The molecule has 0 radical (unpaired) electrons. The molecule has 2 aromatic rings. The van der Waals surface area contributed by atoms with E-state index in [4.69, 9.17) is 4.42 Å². The molecule has 0 aliphatic rings. The van der Waals surface area contributed by atoms with Crippen molar-refractivity contribution in [3.8, 4) is 0 Å². The van der Waals surface area contributed by atoms with Crippen LogP contribution in [0.2, 0.25) is 0 Å². The van der Waals surface area contributed by atoms with E-state index in [1.54, 1.807) is 13.0 Å². The Hall–Kier alpha value is -2.11. The number of hydrogen-bond donors (Lipinski definition) is 3. The lowest BCUT2D eigenvalue weighted by Crippen LogP contribution is -2.35. The minimum absolute atomic E-state index is 0.106. The Bertz CT molecular complexity index is 647. The van der Waals surface area contributed by atoms with Gasteiger partial charge in [-0.05, 0) is 37.6 Å². The molecule has 5 heteroatoms. The number of furan rings is 1. The second-order valence-corrected chi connectivity index (χ2v) is 5.63. The fourth-order valence-corrected chi connectivity index (χ4v) is 2.24. The Morgan fingerprint density at radius 3 is 2.64 bits per heavy atom. The highest BCUT2D eigenvalue weighted by Crippen LogP contribution is 2.22. The van der Waals surface area contributed by atoms with E-state index < -0.39 is 5.60 Å². The first-order chi connectivity index (χ1) is 10.4. The third kappa shape index (κ3) is 4.19. The molecule has 0 aliphatic heterocycles. The largest absolute Gasteiger partial charge is 0.463 e. The minimum atomic E-state index is -1.09. The second-order valence-electron chi connectivity index (χ2n) is 5.63. The Balaban J connectivity index is 1.97. The normalized spacial score (nSPS) is 13.6. The first-order valence-electron chi connectivity index (χ1n) is 7.24. The highest BCUT2D eigenvalue weighted by atomic mass is 16.4. The summed E-state index contributed by atoms with van der Waals surface area (Å²) in [4.78, 5) is 11.2. The highest BCUT2D eigenvalue weighted by Gasteiger charge is 2.26. The van der Waals surface area contributed by atoms with Crippen molar-refractivity contribution in [3.63, 3.8) is 0 Å². The number of carbonyl (C=O) groups is 1. The molecule has 1 aromatic heterocycles. The number of amides is 1. The number of nitrogens with one attached hydrogen (secondary N) is 2. The highest BCUT2D eigenvalue weighted by molar-refractivity contribution is 5.89. The van der Waals surface area contributed by atoms with E-state index in [1.165, 1.54) is 6.92 Å². The SMILES string of the molecule is CC(=O)Nc1ccccc1CNCC(C)(O)c1ccc(C)o1. The van der Waals surface area contributed by atoms with Gasteiger partial charge in [0.05, 0.1) is 0 Å². The average Bonchev–Trinajstić information content (AvgIpc) is 2.87. The summed E-state index contributed by atoms with van der Waals surface area (Å²) >= 11 is 0. The van der Waals surface area contributed by atoms with Gasteiger partial charge < -0.3 is 20.2 Å². The van der Waals surface area contributed by atoms with E-state index in [0.717, 1.165) is 17.0 Å². The van der Waals surface area contributed by atoms with Crippen LogP contribution in [0.15, 0.2) is 40.8 Å². The van der Waals surface area contributed by atoms with Crippen molar-refractivity contribution in [2.24, 2.45) is 0 Å². The third-order valence-electron chi connectivity index (χ3n) is 3.38. The summed E-state index contributed by atoms with van der Waals surface area (Å²) in [6, 6.07) is 11.2. The van der Waals surface area contributed by atoms with Gasteiger partial charge >= 0.3 is 0 Å². The molecule has 1 aromatic carbocycles. The van der Waals surface area contributed by atoms with Crippen molar-refractivity contribution >= 4 is 11.6 Å². The Labute approximate surface area is 130 Å². The van der Waals surface area contributed by atoms with Gasteiger partial charge in [0.25, 0.3) is 0 Å². The number of carbonyl (C=O) groups excluding carboxylic acids is 1. The summed E-state index contributed by atoms with van der Waals surface area (Å²) in [5, 5.41) is 16.5. The number of hydrogen-bond acceptors (Lipinski definition) is 4. The van der Waals surface area contributed by atoms with Crippen LogP contribution in [0.1, 0.15) is 30.9 Å². The van der Waals surface area contributed by atoms with Crippen molar-refractivity contribution in [1.29, 1.82) is 0 Å². The van der Waals surface area contributed by atoms with Gasteiger partial charge in [-0.25, -0.2) is 0 Å². The van der Waals surface area contributed by atoms with Crippen LogP contribution in [0.4, 0.5) is 5.69 Å². The van der Waals surface area contributed by atoms with Crippen molar-refractivity contribution in [1.82, 2.24) is 5.32 Å². The second kappa shape index (κ2) is 6.77. The fourth-order valence-electron chi connectivity index (χ4n) is 2.24. The van der Waals surface area contributed by atoms with Crippen LogP contribution >= 0.6 is 0 Å². The predicted octanol–water partition coefficient (Wildman–Crippen LogP) is 2.54. The minimum Gasteiger partial charge on any atom is -0.463 e. The smallest absolute Gasteiger partial charge is 0.221 e. The standard InChI is InChI=1S/C17H22N2O3/c1-12-8-9-16(22-12)17(3,21)11-18-10-14-6-4-5-7-15(14)19-13(2)20/h4-9,18,21H,10-11H2,1-3H3,(H,19,20). The molecule has 1 atom stereocenters. The van der Waals surface area contributed by atoms with Gasteiger partial charge in [0.2, 0.25) is 5.91 Å². The van der Waals surface area contributed by atoms with Gasteiger partial charge in [0.15, 0.2) is 0 Å². The molecule has 0 saturated carbocycles. The van der Waals surface area contributed by atoms with Gasteiger partial charge in [-0.2, -0.15) is 0 Å². The summed E-state index contributed by atoms with van der Waals surface area (Å²) in [7, 11) is 0. The van der Waals surface area contributed by atoms with Crippen molar-refractivity contribution in [2.45, 2.75) is 32.9 Å². The molecule has 0 bridgehead atoms. The first-order valence-corrected chi connectivity index (χ1v) is 7.24. The van der Waals surface area contributed by atoms with Crippen LogP contribution in [0.25, 0.3) is 0 Å². The Kier molecular flexibility index (Phi) is 5.00. The number of aryl methyl sites for hydroxylation is 1. The maximum Gasteiger partial charge on any atom is 0.221 e. The zero-order chi connectivity index (χ0) is 16.2. The molecular weight excluding hydrogens is 280 g/mol. The van der Waals surface area contributed by atoms with E-state index >= 15 is 0 Å². The van der Waals surface area contributed by atoms with Crippen molar-refractivity contribution in [2.75, 3.05) is 11.9 Å². The summed E-state index contributed by atoms with van der Waals surface area (Å²) in [5.41, 5.74) is 0.650. The lowest BCUT2D eigenvalue weighted by molar-refractivity contribution is -0.114. The van der Waals surface area contributed by atoms with E-state index in [2.05, 4.69) is 10.6 Å². The number of rotatable bonds is 6.